The average Bonchev–Trinajstić information content (AvgIpc) is 0.429. The van der Waals surface area contributed by atoms with Gasteiger partial charge in [0.2, 0.25) is 0 Å². The van der Waals surface area contributed by atoms with Gasteiger partial charge in [-0.15, -0.1) is 0 Å². The second kappa shape index (κ2) is 46.1. The maximum absolute atomic E-state index is 11.9. The molecular formula is C70H148O20Si14. The van der Waals surface area contributed by atoms with Gasteiger partial charge in [-0.1, -0.05) is 108 Å². The molecule has 0 heterocycles. The Kier molecular flexibility index (Phi) is 48.7. The molecule has 1 aromatic rings. The molecule has 0 fully saturated rings. The van der Waals surface area contributed by atoms with E-state index in [2.05, 4.69) is 248 Å². The Labute approximate surface area is 648 Å². The van der Waals surface area contributed by atoms with E-state index < -0.39 is 123 Å². The fourth-order valence-electron chi connectivity index (χ4n) is 8.44. The van der Waals surface area contributed by atoms with Gasteiger partial charge in [0.15, 0.2) is 72.8 Å². The largest absolute Gasteiger partial charge is 0.509 e. The van der Waals surface area contributed by atoms with E-state index in [9.17, 15) is 28.8 Å². The van der Waals surface area contributed by atoms with E-state index in [1.54, 1.807) is 41.5 Å². The van der Waals surface area contributed by atoms with Gasteiger partial charge in [0.1, 0.15) is 14.3 Å². The molecule has 0 aliphatic heterocycles. The van der Waals surface area contributed by atoms with Crippen molar-refractivity contribution in [3.63, 3.8) is 0 Å². The van der Waals surface area contributed by atoms with Crippen LogP contribution in [0.15, 0.2) is 103 Å². The second-order valence-corrected chi connectivity index (χ2v) is 96.8. The lowest BCUT2D eigenvalue weighted by Gasteiger charge is -2.42. The summed E-state index contributed by atoms with van der Waals surface area (Å²) in [5.74, 6) is -2.05. The van der Waals surface area contributed by atoms with Crippen LogP contribution >= 0.6 is 0 Å². The van der Waals surface area contributed by atoms with Crippen LogP contribution in [0.5, 0.6) is 0 Å². The molecule has 0 aliphatic rings. The average molecular weight is 1700 g/mol. The van der Waals surface area contributed by atoms with Gasteiger partial charge < -0.3 is 61.0 Å². The van der Waals surface area contributed by atoms with Crippen LogP contribution in [-0.2, 0) is 89.8 Å². The summed E-state index contributed by atoms with van der Waals surface area (Å²) in [4.78, 5) is 68.3. The Bertz CT molecular complexity index is 2860. The van der Waals surface area contributed by atoms with Gasteiger partial charge in [0.25, 0.3) is 0 Å². The molecule has 0 aromatic heterocycles. The van der Waals surface area contributed by atoms with E-state index in [1.807, 2.05) is 37.8 Å². The number of benzene rings is 1. The first-order valence-electron chi connectivity index (χ1n) is 35.4. The Morgan fingerprint density at radius 1 is 0.298 bits per heavy atom. The van der Waals surface area contributed by atoms with Crippen LogP contribution in [0.25, 0.3) is 0 Å². The summed E-state index contributed by atoms with van der Waals surface area (Å²) < 4.78 is 81.6. The molecule has 0 aliphatic carbocycles. The summed E-state index contributed by atoms with van der Waals surface area (Å²) in [6, 6.07) is 11.1. The van der Waals surface area contributed by atoms with Crippen LogP contribution in [0.2, 0.25) is 222 Å². The lowest BCUT2D eigenvalue weighted by atomic mass is 10.4. The highest BCUT2D eigenvalue weighted by atomic mass is 28.5. The summed E-state index contributed by atoms with van der Waals surface area (Å²) in [6.45, 7) is 101. The van der Waals surface area contributed by atoms with Crippen molar-refractivity contribution in [2.45, 2.75) is 270 Å². The lowest BCUT2D eigenvalue weighted by molar-refractivity contribution is -0.139. The number of esters is 5. The van der Waals surface area contributed by atoms with Crippen LogP contribution in [0.1, 0.15) is 48.0 Å². The van der Waals surface area contributed by atoms with Gasteiger partial charge in [-0.05, 0) is 237 Å². The number of carbonyl (C=O) groups is 6. The summed E-state index contributed by atoms with van der Waals surface area (Å²) in [5.41, 5.74) is 2.55. The number of ether oxygens (including phenoxy) is 5. The van der Waals surface area contributed by atoms with Gasteiger partial charge in [-0.2, -0.15) is 0 Å². The first-order valence-corrected chi connectivity index (χ1v) is 79.4. The molecule has 34 heteroatoms. The molecule has 0 N–H and O–H groups in total. The summed E-state index contributed by atoms with van der Waals surface area (Å²) >= 11 is 0. The van der Waals surface area contributed by atoms with Gasteiger partial charge in [0, 0.05) is 33.4 Å². The zero-order chi connectivity index (χ0) is 83.9. The fraction of sp³-hybridized carbons (Fsp3) is 0.657. The third kappa shape index (κ3) is 66.2. The number of hydrogen-bond donors (Lipinski definition) is 0. The molecule has 0 radical (unpaired) electrons. The molecule has 1 rings (SSSR count). The molecule has 0 amide bonds. The van der Waals surface area contributed by atoms with Gasteiger partial charge in [0.05, 0.1) is 27.1 Å². The Morgan fingerprint density at radius 3 is 0.837 bits per heavy atom. The van der Waals surface area contributed by atoms with E-state index in [4.69, 9.17) is 61.0 Å². The molecule has 104 heavy (non-hydrogen) atoms. The standard InChI is InChI=1S/C14H34O5Si4.C14H32O4Si3.C13H18O2Si.C12H28O4Si3.C9H20O3Si2.C8H16O2Si/c1-13(2)14(15)16-12-23(17-20(3,4)5,18-21(6,7)8)19-22(9,10)11;1-13(2)14(15)16-11-10-12-21(9,17-19(3,4)5)18-20(6,7)8;1-11(2)13(14)15-10-16(3,4)12-8-6-5-7-9-12;1-11(2)12(13)14-10-19(9,15-17(3,4)5)16-18(6,7)8;1-8(2)9(10)11-14(6,7)12-13(3,4)5;1-7(2)8(9)10-6-11(3,4)5/h1,12H2,2-11H3;1,10-12H2,2-9H3;5-9H,1,10H2,2-4H3;1,10H2,2-9H3;1H2,2-7H3;1,6H2,2-5H3. The highest BCUT2D eigenvalue weighted by Crippen LogP contribution is 2.29. The van der Waals surface area contributed by atoms with E-state index >= 15 is 0 Å². The maximum atomic E-state index is 11.9. The molecule has 0 bridgehead atoms. The van der Waals surface area contributed by atoms with Crippen LogP contribution in [-0.4, -0.2) is 185 Å². The summed E-state index contributed by atoms with van der Waals surface area (Å²) in [6.07, 6.45) is 2.14. The van der Waals surface area contributed by atoms with Crippen LogP contribution in [0.3, 0.4) is 0 Å². The van der Waals surface area contributed by atoms with E-state index in [-0.39, 0.29) is 42.3 Å². The van der Waals surface area contributed by atoms with E-state index in [0.717, 1.165) is 12.5 Å². The normalized spacial score (nSPS) is 12.6. The zero-order valence-corrected chi connectivity index (χ0v) is 86.7. The van der Waals surface area contributed by atoms with Crippen LogP contribution in [0, 0.1) is 0 Å². The Hall–Kier alpha value is -2.80. The fourth-order valence-corrected chi connectivity index (χ4v) is 55.6. The lowest BCUT2D eigenvalue weighted by Crippen LogP contribution is -2.63. The predicted octanol–water partition coefficient (Wildman–Crippen LogP) is 18.7. The molecule has 0 unspecified atom stereocenters. The van der Waals surface area contributed by atoms with Crippen molar-refractivity contribution in [1.82, 2.24) is 0 Å². The van der Waals surface area contributed by atoms with Crippen LogP contribution < -0.4 is 5.19 Å². The van der Waals surface area contributed by atoms with E-state index in [0.29, 0.717) is 52.5 Å². The van der Waals surface area contributed by atoms with Crippen molar-refractivity contribution >= 4 is 158 Å². The predicted molar refractivity (Wildman–Crippen MR) is 468 cm³/mol. The molecule has 0 spiro atoms. The number of carbonyl (C=O) groups excluding carboxylic acids is 6. The second-order valence-electron chi connectivity index (χ2n) is 36.5. The van der Waals surface area contributed by atoms with Crippen molar-refractivity contribution in [2.75, 3.05) is 31.5 Å². The molecule has 1 aromatic carbocycles. The first kappa shape index (κ1) is 110. The van der Waals surface area contributed by atoms with Crippen molar-refractivity contribution < 1.29 is 89.8 Å². The van der Waals surface area contributed by atoms with Crippen molar-refractivity contribution in [2.24, 2.45) is 0 Å². The minimum atomic E-state index is -3.11. The summed E-state index contributed by atoms with van der Waals surface area (Å²) in [5, 5.41) is 1.30. The highest BCUT2D eigenvalue weighted by molar-refractivity contribution is 6.91. The molecule has 604 valence electrons. The van der Waals surface area contributed by atoms with E-state index in [1.165, 1.54) is 5.19 Å². The van der Waals surface area contributed by atoms with Crippen molar-refractivity contribution in [3.05, 3.63) is 103 Å². The first-order chi connectivity index (χ1) is 45.7. The molecule has 20 nitrogen and oxygen atoms in total. The number of hydrogen-bond acceptors (Lipinski definition) is 20. The zero-order valence-electron chi connectivity index (χ0n) is 72.7. The van der Waals surface area contributed by atoms with Gasteiger partial charge in [-0.25, -0.2) is 28.8 Å². The third-order valence-corrected chi connectivity index (χ3v) is 50.1. The minimum absolute atomic E-state index is 0.0531. The monoisotopic (exact) mass is 1700 g/mol. The van der Waals surface area contributed by atoms with Gasteiger partial charge >= 0.3 is 70.3 Å². The molecule has 0 saturated carbocycles. The van der Waals surface area contributed by atoms with Gasteiger partial charge in [-0.3, -0.25) is 0 Å². The molecule has 0 atom stereocenters. The Balaban J connectivity index is -0.000000382. The quantitative estimate of drug-likeness (QED) is 0.0200. The maximum Gasteiger partial charge on any atom is 0.509 e. The highest BCUT2D eigenvalue weighted by Gasteiger charge is 2.52. The smallest absolute Gasteiger partial charge is 0.492 e. The topological polar surface area (TPSA) is 232 Å². The Morgan fingerprint density at radius 2 is 0.558 bits per heavy atom. The summed E-state index contributed by atoms with van der Waals surface area (Å²) in [7, 11) is -27.3. The molecular weight excluding hydrogens is 1550 g/mol. The van der Waals surface area contributed by atoms with Crippen molar-refractivity contribution in [1.29, 1.82) is 0 Å². The minimum Gasteiger partial charge on any atom is -0.492 e. The SMILES string of the molecule is C=C(C)C(=O)OCCC[Si](C)(O[Si](C)(C)C)O[Si](C)(C)C.C=C(C)C(=O)OC[Si](C)(C)C.C=C(C)C(=O)OC[Si](C)(C)c1ccccc1.C=C(C)C(=O)OC[Si](C)(O[Si](C)(C)C)O[Si](C)(C)C.C=C(C)C(=O)OC[Si](O[Si](C)(C)C)(O[Si](C)(C)C)O[Si](C)(C)C.C=C(C)C(=O)O[Si](C)(C)O[Si](C)(C)C. The third-order valence-electron chi connectivity index (χ3n) is 11.1. The van der Waals surface area contributed by atoms with Crippen molar-refractivity contribution in [3.8, 4) is 0 Å². The number of rotatable bonds is 36. The molecule has 0 saturated heterocycles. The van der Waals surface area contributed by atoms with Crippen LogP contribution in [0.4, 0.5) is 0 Å².